The largest absolute Gasteiger partial charge is 0.383 e. The number of aliphatic hydroxyl groups is 1. The Hall–Kier alpha value is -3.62. The van der Waals surface area contributed by atoms with Crippen molar-refractivity contribution in [2.75, 3.05) is 18.5 Å². The summed E-state index contributed by atoms with van der Waals surface area (Å²) in [5.74, 6) is 0.508. The molecule has 0 spiro atoms. The molecule has 2 N–H and O–H groups in total. The molecule has 1 fully saturated rings. The number of fused-ring (bicyclic) bond motifs is 1. The molecule has 0 saturated carbocycles. The highest BCUT2D eigenvalue weighted by molar-refractivity contribution is 6.03. The molecule has 5 rings (SSSR count). The van der Waals surface area contributed by atoms with Crippen molar-refractivity contribution < 1.29 is 19.0 Å². The number of rotatable bonds is 7. The Balaban J connectivity index is 1.52. The van der Waals surface area contributed by atoms with Crippen LogP contribution < -0.4 is 5.32 Å². The second-order valence-electron chi connectivity index (χ2n) is 9.26. The predicted molar refractivity (Wildman–Crippen MR) is 136 cm³/mol. The van der Waals surface area contributed by atoms with Crippen LogP contribution in [0.5, 0.6) is 0 Å². The van der Waals surface area contributed by atoms with E-state index in [1.807, 2.05) is 35.7 Å². The van der Waals surface area contributed by atoms with E-state index in [0.29, 0.717) is 53.3 Å². The van der Waals surface area contributed by atoms with E-state index < -0.39 is 11.8 Å². The molecular formula is C28H29FN4O3. The number of aromatic nitrogens is 3. The lowest BCUT2D eigenvalue weighted by atomic mass is 9.93. The molecule has 186 valence electrons. The normalized spacial score (nSPS) is 18.5. The standard InChI is InChI=1S/C28H29FN4O3/c1-4-21-22(24-15-31-26-13-19(17(2)29)9-11-33(24)26)6-7-23(27(21)18(3)34)32-25-8-5-20(14-30-25)28(35)10-12-36-16-28/h5-9,11,13-15,17,35H,4,10,12,16H2,1-3H3,(H,30,32)/t17?,28-/m0/s1. The van der Waals surface area contributed by atoms with E-state index in [0.717, 1.165) is 16.8 Å². The first-order valence-electron chi connectivity index (χ1n) is 12.1. The molecule has 0 aliphatic carbocycles. The summed E-state index contributed by atoms with van der Waals surface area (Å²) in [6.07, 6.45) is 5.31. The van der Waals surface area contributed by atoms with E-state index >= 15 is 0 Å². The van der Waals surface area contributed by atoms with Crippen molar-refractivity contribution in [2.45, 2.75) is 45.4 Å². The third-order valence-electron chi connectivity index (χ3n) is 6.86. The maximum Gasteiger partial charge on any atom is 0.162 e. The molecule has 4 aromatic rings. The molecule has 1 aliphatic heterocycles. The van der Waals surface area contributed by atoms with Gasteiger partial charge in [-0.15, -0.1) is 0 Å². The Morgan fingerprint density at radius 1 is 1.25 bits per heavy atom. The summed E-state index contributed by atoms with van der Waals surface area (Å²) in [5, 5.41) is 14.0. The van der Waals surface area contributed by atoms with Gasteiger partial charge in [0.05, 0.1) is 24.2 Å². The van der Waals surface area contributed by atoms with Crippen molar-refractivity contribution in [3.63, 3.8) is 0 Å². The Labute approximate surface area is 209 Å². The zero-order valence-corrected chi connectivity index (χ0v) is 20.6. The maximum atomic E-state index is 13.8. The van der Waals surface area contributed by atoms with Crippen molar-refractivity contribution in [3.8, 4) is 11.3 Å². The minimum absolute atomic E-state index is 0.0624. The van der Waals surface area contributed by atoms with Gasteiger partial charge >= 0.3 is 0 Å². The second kappa shape index (κ2) is 9.44. The highest BCUT2D eigenvalue weighted by atomic mass is 19.1. The van der Waals surface area contributed by atoms with Gasteiger partial charge in [0.1, 0.15) is 23.2 Å². The number of benzene rings is 1. The van der Waals surface area contributed by atoms with Crippen LogP contribution in [0, 0.1) is 0 Å². The number of nitrogens with zero attached hydrogens (tertiary/aromatic N) is 3. The number of carbonyl (C=O) groups excluding carboxylic acids is 1. The van der Waals surface area contributed by atoms with Crippen LogP contribution in [0.25, 0.3) is 16.9 Å². The van der Waals surface area contributed by atoms with E-state index in [4.69, 9.17) is 4.74 Å². The van der Waals surface area contributed by atoms with Gasteiger partial charge in [-0.1, -0.05) is 19.1 Å². The number of hydrogen-bond donors (Lipinski definition) is 2. The molecule has 2 atom stereocenters. The van der Waals surface area contributed by atoms with Crippen LogP contribution >= 0.6 is 0 Å². The second-order valence-corrected chi connectivity index (χ2v) is 9.26. The van der Waals surface area contributed by atoms with Gasteiger partial charge in [-0.05, 0) is 55.7 Å². The summed E-state index contributed by atoms with van der Waals surface area (Å²) in [6.45, 7) is 5.85. The molecule has 0 radical (unpaired) electrons. The molecule has 8 heteroatoms. The Kier molecular flexibility index (Phi) is 6.32. The fourth-order valence-corrected chi connectivity index (χ4v) is 4.87. The molecule has 1 unspecified atom stereocenters. The number of nitrogens with one attached hydrogen (secondary N) is 1. The number of ketones is 1. The molecule has 3 aromatic heterocycles. The number of alkyl halides is 1. The third-order valence-corrected chi connectivity index (χ3v) is 6.86. The van der Waals surface area contributed by atoms with Crippen LogP contribution in [0.15, 0.2) is 55.0 Å². The Morgan fingerprint density at radius 3 is 2.72 bits per heavy atom. The van der Waals surface area contributed by atoms with Crippen LogP contribution in [-0.2, 0) is 16.8 Å². The number of halogens is 1. The lowest BCUT2D eigenvalue weighted by molar-refractivity contribution is 0.0229. The summed E-state index contributed by atoms with van der Waals surface area (Å²) in [5.41, 5.74) is 4.80. The fourth-order valence-electron chi connectivity index (χ4n) is 4.87. The van der Waals surface area contributed by atoms with Crippen LogP contribution in [0.2, 0.25) is 0 Å². The average Bonchev–Trinajstić information content (AvgIpc) is 3.50. The van der Waals surface area contributed by atoms with Crippen molar-refractivity contribution in [1.82, 2.24) is 14.4 Å². The molecule has 0 bridgehead atoms. The zero-order valence-electron chi connectivity index (χ0n) is 20.6. The number of pyridine rings is 2. The number of anilines is 2. The van der Waals surface area contributed by atoms with E-state index in [1.165, 1.54) is 6.92 Å². The van der Waals surface area contributed by atoms with Crippen molar-refractivity contribution in [1.29, 1.82) is 0 Å². The van der Waals surface area contributed by atoms with Gasteiger partial charge < -0.3 is 15.2 Å². The maximum absolute atomic E-state index is 13.8. The molecule has 1 aliphatic rings. The number of ether oxygens (including phenoxy) is 1. The lowest BCUT2D eigenvalue weighted by Crippen LogP contribution is -2.25. The van der Waals surface area contributed by atoms with Gasteiger partial charge in [0.25, 0.3) is 0 Å². The average molecular weight is 489 g/mol. The van der Waals surface area contributed by atoms with Crippen molar-refractivity contribution in [2.24, 2.45) is 0 Å². The number of Topliss-reactive ketones (excluding diaryl/α,β-unsaturated/α-hetero) is 1. The summed E-state index contributed by atoms with van der Waals surface area (Å²) < 4.78 is 21.0. The SMILES string of the molecule is CCc1c(-c2cnc3cc(C(C)F)ccn23)ccc(Nc2ccc([C@]3(O)CCOC3)cn2)c1C(C)=O. The van der Waals surface area contributed by atoms with Gasteiger partial charge in [-0.25, -0.2) is 14.4 Å². The van der Waals surface area contributed by atoms with Crippen LogP contribution in [0.3, 0.4) is 0 Å². The molecule has 1 aromatic carbocycles. The van der Waals surface area contributed by atoms with Crippen molar-refractivity contribution >= 4 is 22.9 Å². The third kappa shape index (κ3) is 4.27. The predicted octanol–water partition coefficient (Wildman–Crippen LogP) is 5.54. The number of carbonyl (C=O) groups is 1. The van der Waals surface area contributed by atoms with Crippen LogP contribution in [0.4, 0.5) is 15.9 Å². The van der Waals surface area contributed by atoms with E-state index in [9.17, 15) is 14.3 Å². The van der Waals surface area contributed by atoms with Gasteiger partial charge in [0.2, 0.25) is 0 Å². The van der Waals surface area contributed by atoms with Gasteiger partial charge in [-0.3, -0.25) is 9.20 Å². The zero-order chi connectivity index (χ0) is 25.4. The highest BCUT2D eigenvalue weighted by Gasteiger charge is 2.34. The summed E-state index contributed by atoms with van der Waals surface area (Å²) in [7, 11) is 0. The minimum atomic E-state index is -1.08. The van der Waals surface area contributed by atoms with Crippen LogP contribution in [0.1, 0.15) is 60.4 Å². The van der Waals surface area contributed by atoms with Gasteiger partial charge in [0, 0.05) is 42.1 Å². The molecule has 36 heavy (non-hydrogen) atoms. The number of hydrogen-bond acceptors (Lipinski definition) is 6. The highest BCUT2D eigenvalue weighted by Crippen LogP contribution is 2.35. The monoisotopic (exact) mass is 488 g/mol. The molecule has 7 nitrogen and oxygen atoms in total. The first kappa shape index (κ1) is 24.1. The Morgan fingerprint density at radius 2 is 2.08 bits per heavy atom. The summed E-state index contributed by atoms with van der Waals surface area (Å²) in [4.78, 5) is 21.8. The summed E-state index contributed by atoms with van der Waals surface area (Å²) in [6, 6.07) is 11.0. The summed E-state index contributed by atoms with van der Waals surface area (Å²) >= 11 is 0. The molecule has 4 heterocycles. The van der Waals surface area contributed by atoms with E-state index in [-0.39, 0.29) is 12.4 Å². The first-order valence-corrected chi connectivity index (χ1v) is 12.1. The minimum Gasteiger partial charge on any atom is -0.383 e. The first-order chi connectivity index (χ1) is 17.3. The smallest absolute Gasteiger partial charge is 0.162 e. The van der Waals surface area contributed by atoms with E-state index in [1.54, 1.807) is 37.5 Å². The molecule has 1 saturated heterocycles. The lowest BCUT2D eigenvalue weighted by Gasteiger charge is -2.21. The fraction of sp³-hybridized carbons (Fsp3) is 0.321. The topological polar surface area (TPSA) is 88.8 Å². The van der Waals surface area contributed by atoms with Gasteiger partial charge in [0.15, 0.2) is 5.78 Å². The van der Waals surface area contributed by atoms with Gasteiger partial charge in [-0.2, -0.15) is 0 Å². The van der Waals surface area contributed by atoms with Crippen molar-refractivity contribution in [3.05, 3.63) is 77.2 Å². The molecule has 0 amide bonds. The van der Waals surface area contributed by atoms with E-state index in [2.05, 4.69) is 15.3 Å². The Bertz CT molecular complexity index is 1420. The number of imidazole rings is 1. The van der Waals surface area contributed by atoms with Crippen LogP contribution in [-0.4, -0.2) is 38.5 Å². The molecular weight excluding hydrogens is 459 g/mol. The quantitative estimate of drug-likeness (QED) is 0.332.